The number of rotatable bonds is 4. The molecule has 9 heteroatoms. The Morgan fingerprint density at radius 1 is 1.25 bits per heavy atom. The molecule has 1 unspecified atom stereocenters. The summed E-state index contributed by atoms with van der Waals surface area (Å²) >= 11 is 7.47. The molecule has 3 heterocycles. The fraction of sp³-hybridized carbons (Fsp3) is 0.391. The van der Waals surface area contributed by atoms with Crippen LogP contribution in [0.1, 0.15) is 56.5 Å². The number of nitrogens with one attached hydrogen (secondary N) is 3. The van der Waals surface area contributed by atoms with E-state index in [9.17, 15) is 9.59 Å². The van der Waals surface area contributed by atoms with E-state index >= 15 is 0 Å². The van der Waals surface area contributed by atoms with Gasteiger partial charge in [0, 0.05) is 58.5 Å². The minimum atomic E-state index is -0.299. The second-order valence-electron chi connectivity index (χ2n) is 8.34. The molecule has 7 nitrogen and oxygen atoms in total. The molecule has 1 fully saturated rings. The molecular formula is C23H24ClN5O2S. The van der Waals surface area contributed by atoms with Crippen LogP contribution in [0.4, 0.5) is 0 Å². The molecule has 2 atom stereocenters. The van der Waals surface area contributed by atoms with Gasteiger partial charge in [0.1, 0.15) is 5.69 Å². The molecule has 2 aliphatic rings. The molecule has 1 aromatic carbocycles. The van der Waals surface area contributed by atoms with Gasteiger partial charge in [0.05, 0.1) is 5.69 Å². The Balaban J connectivity index is 1.27. The zero-order valence-corrected chi connectivity index (χ0v) is 19.1. The van der Waals surface area contributed by atoms with Gasteiger partial charge in [-0.15, -0.1) is 11.3 Å². The quantitative estimate of drug-likeness (QED) is 0.500. The van der Waals surface area contributed by atoms with Crippen LogP contribution in [0, 0.1) is 5.92 Å². The summed E-state index contributed by atoms with van der Waals surface area (Å²) in [5.74, 6) is -0.437. The van der Waals surface area contributed by atoms with Crippen molar-refractivity contribution in [3.63, 3.8) is 0 Å². The molecule has 1 saturated carbocycles. The Morgan fingerprint density at radius 3 is 3.00 bits per heavy atom. The number of thiazole rings is 1. The van der Waals surface area contributed by atoms with E-state index in [2.05, 4.69) is 25.6 Å². The topological polar surface area (TPSA) is 99.2 Å². The molecule has 0 bridgehead atoms. The Morgan fingerprint density at radius 2 is 2.12 bits per heavy atom. The normalized spacial score (nSPS) is 21.0. The van der Waals surface area contributed by atoms with Gasteiger partial charge < -0.3 is 15.6 Å². The summed E-state index contributed by atoms with van der Waals surface area (Å²) in [5.41, 5.74) is 2.38. The van der Waals surface area contributed by atoms with Crippen molar-refractivity contribution in [2.45, 2.75) is 44.7 Å². The van der Waals surface area contributed by atoms with Crippen LogP contribution in [-0.2, 0) is 13.0 Å². The average molecular weight is 470 g/mol. The highest BCUT2D eigenvalue weighted by molar-refractivity contribution is 7.13. The minimum absolute atomic E-state index is 0.0201. The van der Waals surface area contributed by atoms with Crippen LogP contribution < -0.4 is 10.6 Å². The lowest BCUT2D eigenvalue weighted by Gasteiger charge is -2.29. The molecule has 2 amide bonds. The molecule has 1 aliphatic carbocycles. The summed E-state index contributed by atoms with van der Waals surface area (Å²) in [6.45, 7) is 1.65. The first-order valence-corrected chi connectivity index (χ1v) is 12.1. The van der Waals surface area contributed by atoms with Crippen molar-refractivity contribution in [1.82, 2.24) is 20.6 Å². The number of amides is 2. The number of nitrogens with zero attached hydrogens (tertiary/aromatic N) is 2. The zero-order chi connectivity index (χ0) is 22.1. The lowest BCUT2D eigenvalue weighted by atomic mass is 9.85. The monoisotopic (exact) mass is 469 g/mol. The van der Waals surface area contributed by atoms with Crippen molar-refractivity contribution in [2.75, 3.05) is 6.54 Å². The van der Waals surface area contributed by atoms with Crippen LogP contribution in [0.15, 0.2) is 29.3 Å². The number of hydrogen-bond donors (Lipinski definition) is 3. The SMILES string of the molecule is O=C(N[C@H]1CCCCC1C=NC(=O)c1nc2c(s1)CNCC2)c1cc2cc(Cl)ccc2[nH]1. The third-order valence-corrected chi connectivity index (χ3v) is 7.45. The number of carbonyl (C=O) groups excluding carboxylic acids is 2. The Kier molecular flexibility index (Phi) is 6.08. The molecule has 0 saturated heterocycles. The third-order valence-electron chi connectivity index (χ3n) is 6.13. The van der Waals surface area contributed by atoms with Gasteiger partial charge in [-0.1, -0.05) is 24.4 Å². The van der Waals surface area contributed by atoms with Gasteiger partial charge >= 0.3 is 5.91 Å². The Hall–Kier alpha value is -2.55. The van der Waals surface area contributed by atoms with E-state index in [1.54, 1.807) is 12.3 Å². The highest BCUT2D eigenvalue weighted by Crippen LogP contribution is 2.26. The highest BCUT2D eigenvalue weighted by atomic mass is 35.5. The molecule has 3 aromatic rings. The fourth-order valence-electron chi connectivity index (χ4n) is 4.42. The van der Waals surface area contributed by atoms with E-state index in [-0.39, 0.29) is 23.8 Å². The first-order valence-electron chi connectivity index (χ1n) is 10.9. The fourth-order valence-corrected chi connectivity index (χ4v) is 5.57. The second-order valence-corrected chi connectivity index (χ2v) is 9.86. The van der Waals surface area contributed by atoms with E-state index < -0.39 is 0 Å². The number of aromatic nitrogens is 2. The summed E-state index contributed by atoms with van der Waals surface area (Å²) < 4.78 is 0. The van der Waals surface area contributed by atoms with Crippen molar-refractivity contribution in [1.29, 1.82) is 0 Å². The van der Waals surface area contributed by atoms with Crippen LogP contribution in [0.3, 0.4) is 0 Å². The van der Waals surface area contributed by atoms with Crippen LogP contribution in [0.5, 0.6) is 0 Å². The number of aliphatic imine (C=N–C) groups is 1. The van der Waals surface area contributed by atoms with Crippen LogP contribution in [0.25, 0.3) is 10.9 Å². The summed E-state index contributed by atoms with van der Waals surface area (Å²) in [6.07, 6.45) is 6.41. The van der Waals surface area contributed by atoms with E-state index in [0.717, 1.165) is 66.7 Å². The van der Waals surface area contributed by atoms with E-state index in [1.807, 2.05) is 18.2 Å². The third kappa shape index (κ3) is 4.48. The van der Waals surface area contributed by atoms with E-state index in [0.29, 0.717) is 15.7 Å². The van der Waals surface area contributed by atoms with Crippen LogP contribution >= 0.6 is 22.9 Å². The summed E-state index contributed by atoms with van der Waals surface area (Å²) in [6, 6.07) is 7.24. The minimum Gasteiger partial charge on any atom is -0.351 e. The molecule has 0 radical (unpaired) electrons. The Bertz CT molecular complexity index is 1180. The highest BCUT2D eigenvalue weighted by Gasteiger charge is 2.27. The second kappa shape index (κ2) is 9.13. The molecule has 0 spiro atoms. The number of hydrogen-bond acceptors (Lipinski definition) is 5. The van der Waals surface area contributed by atoms with Gasteiger partial charge in [-0.25, -0.2) is 9.98 Å². The predicted molar refractivity (Wildman–Crippen MR) is 127 cm³/mol. The largest absolute Gasteiger partial charge is 0.351 e. The smallest absolute Gasteiger partial charge is 0.305 e. The number of H-pyrrole nitrogens is 1. The van der Waals surface area contributed by atoms with Crippen molar-refractivity contribution < 1.29 is 9.59 Å². The van der Waals surface area contributed by atoms with Gasteiger partial charge in [-0.3, -0.25) is 9.59 Å². The van der Waals surface area contributed by atoms with Gasteiger partial charge in [0.15, 0.2) is 5.01 Å². The lowest BCUT2D eigenvalue weighted by Crippen LogP contribution is -2.42. The maximum Gasteiger partial charge on any atom is 0.305 e. The summed E-state index contributed by atoms with van der Waals surface area (Å²) in [5, 5.41) is 8.41. The number of carbonyl (C=O) groups is 2. The van der Waals surface area contributed by atoms with Gasteiger partial charge in [0.2, 0.25) is 0 Å². The first kappa shape index (κ1) is 21.3. The maximum absolute atomic E-state index is 12.9. The molecular weight excluding hydrogens is 446 g/mol. The number of halogens is 1. The van der Waals surface area contributed by atoms with Crippen molar-refractivity contribution in [3.05, 3.63) is 50.6 Å². The maximum atomic E-state index is 12.9. The molecule has 1 aliphatic heterocycles. The Labute approximate surface area is 194 Å². The van der Waals surface area contributed by atoms with E-state index in [1.165, 1.54) is 11.3 Å². The summed E-state index contributed by atoms with van der Waals surface area (Å²) in [4.78, 5) is 38.5. The first-order chi connectivity index (χ1) is 15.6. The average Bonchev–Trinajstić information content (AvgIpc) is 3.42. The lowest BCUT2D eigenvalue weighted by molar-refractivity contribution is 0.0915. The van der Waals surface area contributed by atoms with Crippen molar-refractivity contribution in [2.24, 2.45) is 10.9 Å². The summed E-state index contributed by atoms with van der Waals surface area (Å²) in [7, 11) is 0. The number of aromatic amines is 1. The van der Waals surface area contributed by atoms with Crippen molar-refractivity contribution >= 4 is 51.9 Å². The van der Waals surface area contributed by atoms with E-state index in [4.69, 9.17) is 11.6 Å². The standard InChI is InChI=1S/C23H24ClN5O2S/c24-15-5-6-17-14(9-15)10-19(27-17)21(30)28-16-4-2-1-3-13(16)11-26-22(31)23-29-18-7-8-25-12-20(18)32-23/h5-6,9-11,13,16,25,27H,1-4,7-8,12H2,(H,28,30)/t13?,16-/m0/s1. The molecule has 3 N–H and O–H groups in total. The van der Waals surface area contributed by atoms with Gasteiger partial charge in [-0.2, -0.15) is 0 Å². The number of benzene rings is 1. The molecule has 32 heavy (non-hydrogen) atoms. The molecule has 2 aromatic heterocycles. The molecule has 166 valence electrons. The zero-order valence-electron chi connectivity index (χ0n) is 17.5. The van der Waals surface area contributed by atoms with Gasteiger partial charge in [-0.05, 0) is 37.1 Å². The van der Waals surface area contributed by atoms with Gasteiger partial charge in [0.25, 0.3) is 5.91 Å². The van der Waals surface area contributed by atoms with Crippen LogP contribution in [-0.4, -0.2) is 40.6 Å². The number of fused-ring (bicyclic) bond motifs is 2. The van der Waals surface area contributed by atoms with Crippen molar-refractivity contribution in [3.8, 4) is 0 Å². The predicted octanol–water partition coefficient (Wildman–Crippen LogP) is 4.12. The molecule has 5 rings (SSSR count). The van der Waals surface area contributed by atoms with Crippen LogP contribution in [0.2, 0.25) is 5.02 Å².